The lowest BCUT2D eigenvalue weighted by atomic mass is 9.88. The molecular weight excluding hydrogens is 921 g/mol. The molecule has 13 aromatic carbocycles. The first-order valence-corrected chi connectivity index (χ1v) is 25.6. The Kier molecular flexibility index (Phi) is 10.9. The molecule has 4 heteroatoms. The smallest absolute Gasteiger partial charge is 0.164 e. The van der Waals surface area contributed by atoms with Crippen LogP contribution in [0.15, 0.2) is 267 Å². The summed E-state index contributed by atoms with van der Waals surface area (Å²) in [6.45, 7) is 0. The van der Waals surface area contributed by atoms with Crippen molar-refractivity contribution in [3.8, 4) is 95.9 Å². The molecule has 76 heavy (non-hydrogen) atoms. The highest BCUT2D eigenvalue weighted by molar-refractivity contribution is 6.26. The molecule has 0 bridgehead atoms. The summed E-state index contributed by atoms with van der Waals surface area (Å²) in [4.78, 5) is 15.3. The average molecular weight is 965 g/mol. The minimum atomic E-state index is 0.583. The van der Waals surface area contributed by atoms with Crippen LogP contribution in [0.2, 0.25) is 0 Å². The van der Waals surface area contributed by atoms with Crippen LogP contribution in [0.1, 0.15) is 5.56 Å². The van der Waals surface area contributed by atoms with Gasteiger partial charge in [-0.3, -0.25) is 0 Å². The van der Waals surface area contributed by atoms with Gasteiger partial charge in [-0.1, -0.05) is 237 Å². The lowest BCUT2D eigenvalue weighted by molar-refractivity contribution is 1.07. The van der Waals surface area contributed by atoms with Gasteiger partial charge in [-0.25, -0.2) is 15.0 Å². The van der Waals surface area contributed by atoms with Crippen molar-refractivity contribution < 1.29 is 0 Å². The molecule has 4 nitrogen and oxygen atoms in total. The van der Waals surface area contributed by atoms with Crippen molar-refractivity contribution in [1.29, 1.82) is 5.26 Å². The monoisotopic (exact) mass is 964 g/mol. The van der Waals surface area contributed by atoms with E-state index in [2.05, 4.69) is 237 Å². The number of hydrogen-bond acceptors (Lipinski definition) is 4. The first-order valence-electron chi connectivity index (χ1n) is 25.6. The maximum atomic E-state index is 10.8. The number of nitrogens with zero attached hydrogens (tertiary/aromatic N) is 4. The van der Waals surface area contributed by atoms with Crippen molar-refractivity contribution in [3.05, 3.63) is 272 Å². The van der Waals surface area contributed by atoms with Gasteiger partial charge in [0.15, 0.2) is 17.5 Å². The molecule has 0 fully saturated rings. The Bertz CT molecular complexity index is 4610. The highest BCUT2D eigenvalue weighted by Gasteiger charge is 2.18. The molecule has 0 radical (unpaired) electrons. The first kappa shape index (κ1) is 44.4. The van der Waals surface area contributed by atoms with Gasteiger partial charge in [-0.05, 0) is 140 Å². The van der Waals surface area contributed by atoms with Crippen LogP contribution >= 0.6 is 0 Å². The Labute approximate surface area is 440 Å². The van der Waals surface area contributed by atoms with Crippen molar-refractivity contribution in [2.75, 3.05) is 0 Å². The fourth-order valence-electron chi connectivity index (χ4n) is 11.3. The Balaban J connectivity index is 0.795. The van der Waals surface area contributed by atoms with Crippen molar-refractivity contribution >= 4 is 53.9 Å². The molecule has 0 aliphatic rings. The standard InChI is InChI=1S/C72H44N4/c73-45-56-42-53(58-23-6-7-24-59(58)54-37-39-67-64-29-10-9-27-62(64)63-28-11-13-31-66(63)69(67)44-54)36-38-57(56)51-21-14-19-49(40-51)50-20-15-22-55(41-50)72-75-70(47-16-2-1-3-17-47)74-71(76-72)48-34-32-46(33-35-48)68-43-52-18-4-5-25-60(52)61-26-8-12-30-65(61)68/h1-44H. The highest BCUT2D eigenvalue weighted by atomic mass is 15.0. The van der Waals surface area contributed by atoms with E-state index in [1.807, 2.05) is 36.4 Å². The molecule has 0 amide bonds. The molecule has 0 aliphatic carbocycles. The molecule has 0 aliphatic heterocycles. The van der Waals surface area contributed by atoms with Gasteiger partial charge in [0.1, 0.15) is 0 Å². The van der Waals surface area contributed by atoms with Crippen LogP contribution in [0.4, 0.5) is 0 Å². The molecule has 0 saturated heterocycles. The lowest BCUT2D eigenvalue weighted by Crippen LogP contribution is -2.00. The third-order valence-corrected chi connectivity index (χ3v) is 15.0. The fraction of sp³-hybridized carbons (Fsp3) is 0. The second-order valence-electron chi connectivity index (χ2n) is 19.4. The van der Waals surface area contributed by atoms with Gasteiger partial charge in [0.05, 0.1) is 11.6 Å². The van der Waals surface area contributed by atoms with Crippen LogP contribution in [0.3, 0.4) is 0 Å². The van der Waals surface area contributed by atoms with Crippen molar-refractivity contribution in [3.63, 3.8) is 0 Å². The quantitative estimate of drug-likeness (QED) is 0.142. The topological polar surface area (TPSA) is 62.5 Å². The summed E-state index contributed by atoms with van der Waals surface area (Å²) in [6, 6.07) is 96.5. The van der Waals surface area contributed by atoms with E-state index in [4.69, 9.17) is 15.0 Å². The number of nitriles is 1. The largest absolute Gasteiger partial charge is 0.208 e. The zero-order valence-corrected chi connectivity index (χ0v) is 41.2. The van der Waals surface area contributed by atoms with E-state index in [0.717, 1.165) is 66.8 Å². The summed E-state index contributed by atoms with van der Waals surface area (Å²) in [6.07, 6.45) is 0. The van der Waals surface area contributed by atoms with Gasteiger partial charge in [0, 0.05) is 16.7 Å². The molecule has 0 unspecified atom stereocenters. The molecule has 1 aromatic heterocycles. The summed E-state index contributed by atoms with van der Waals surface area (Å²) in [7, 11) is 0. The Morgan fingerprint density at radius 3 is 1.28 bits per heavy atom. The average Bonchev–Trinajstić information content (AvgIpc) is 3.55. The highest BCUT2D eigenvalue weighted by Crippen LogP contribution is 2.41. The maximum Gasteiger partial charge on any atom is 0.164 e. The SMILES string of the molecule is N#Cc1cc(-c2ccccc2-c2ccc3c4ccccc4c4ccccc4c3c2)ccc1-c1cccc(-c2cccc(-c3nc(-c4ccccc4)nc(-c4ccc(-c5cc6ccccc6c6ccccc56)cc4)n3)c2)c1. The van der Waals surface area contributed by atoms with Crippen LogP contribution in [0.5, 0.6) is 0 Å². The number of rotatable bonds is 8. The number of aromatic nitrogens is 3. The maximum absolute atomic E-state index is 10.8. The Hall–Kier alpha value is -10.3. The van der Waals surface area contributed by atoms with Crippen LogP contribution in [-0.4, -0.2) is 15.0 Å². The third-order valence-electron chi connectivity index (χ3n) is 15.0. The van der Waals surface area contributed by atoms with E-state index in [-0.39, 0.29) is 0 Å². The third kappa shape index (κ3) is 7.83. The van der Waals surface area contributed by atoms with Gasteiger partial charge < -0.3 is 0 Å². The van der Waals surface area contributed by atoms with E-state index < -0.39 is 0 Å². The number of hydrogen-bond donors (Lipinski definition) is 0. The number of fused-ring (bicyclic) bond motifs is 9. The zero-order chi connectivity index (χ0) is 50.5. The predicted octanol–water partition coefficient (Wildman–Crippen LogP) is 18.8. The van der Waals surface area contributed by atoms with Gasteiger partial charge in [-0.2, -0.15) is 5.26 Å². The summed E-state index contributed by atoms with van der Waals surface area (Å²) in [5.41, 5.74) is 13.8. The van der Waals surface area contributed by atoms with E-state index in [0.29, 0.717) is 23.0 Å². The summed E-state index contributed by atoms with van der Waals surface area (Å²) in [5, 5.41) is 23.2. The summed E-state index contributed by atoms with van der Waals surface area (Å²) in [5.74, 6) is 1.79. The molecule has 1 heterocycles. The fourth-order valence-corrected chi connectivity index (χ4v) is 11.3. The lowest BCUT2D eigenvalue weighted by Gasteiger charge is -2.15. The van der Waals surface area contributed by atoms with Crippen molar-refractivity contribution in [2.24, 2.45) is 0 Å². The summed E-state index contributed by atoms with van der Waals surface area (Å²) < 4.78 is 0. The zero-order valence-electron chi connectivity index (χ0n) is 41.2. The molecule has 0 saturated carbocycles. The van der Waals surface area contributed by atoms with Crippen LogP contribution < -0.4 is 0 Å². The molecular formula is C72H44N4. The van der Waals surface area contributed by atoms with Gasteiger partial charge in [-0.15, -0.1) is 0 Å². The Morgan fingerprint density at radius 2 is 0.632 bits per heavy atom. The normalized spacial score (nSPS) is 11.4. The van der Waals surface area contributed by atoms with Gasteiger partial charge >= 0.3 is 0 Å². The van der Waals surface area contributed by atoms with Crippen molar-refractivity contribution in [1.82, 2.24) is 15.0 Å². The second kappa shape index (κ2) is 18.6. The molecule has 0 atom stereocenters. The molecule has 0 N–H and O–H groups in total. The Morgan fingerprint density at radius 1 is 0.224 bits per heavy atom. The molecule has 352 valence electrons. The predicted molar refractivity (Wildman–Crippen MR) is 316 cm³/mol. The van der Waals surface area contributed by atoms with E-state index in [1.54, 1.807) is 0 Å². The molecule has 0 spiro atoms. The van der Waals surface area contributed by atoms with Gasteiger partial charge in [0.25, 0.3) is 0 Å². The minimum absolute atomic E-state index is 0.583. The van der Waals surface area contributed by atoms with Crippen molar-refractivity contribution in [2.45, 2.75) is 0 Å². The van der Waals surface area contributed by atoms with Gasteiger partial charge in [0.2, 0.25) is 0 Å². The molecule has 14 aromatic rings. The van der Waals surface area contributed by atoms with Crippen LogP contribution in [-0.2, 0) is 0 Å². The van der Waals surface area contributed by atoms with E-state index >= 15 is 0 Å². The first-order chi connectivity index (χ1) is 37.6. The minimum Gasteiger partial charge on any atom is -0.208 e. The van der Waals surface area contributed by atoms with Crippen LogP contribution in [0.25, 0.3) is 144 Å². The second-order valence-corrected chi connectivity index (χ2v) is 19.4. The summed E-state index contributed by atoms with van der Waals surface area (Å²) >= 11 is 0. The van der Waals surface area contributed by atoms with Crippen LogP contribution in [0, 0.1) is 11.3 Å². The number of benzene rings is 13. The molecule has 14 rings (SSSR count). The van der Waals surface area contributed by atoms with E-state index in [9.17, 15) is 5.26 Å². The van der Waals surface area contributed by atoms with E-state index in [1.165, 1.54) is 59.4 Å².